The number of nitrogens with two attached hydrogens (primary N) is 1. The second kappa shape index (κ2) is 3.10. The number of hydrogen-bond acceptors (Lipinski definition) is 2. The fraction of sp³-hybridized carbons (Fsp3) is 0.800. The van der Waals surface area contributed by atoms with E-state index in [4.69, 9.17) is 18.0 Å². The lowest BCUT2D eigenvalue weighted by atomic mass is 10.1. The summed E-state index contributed by atoms with van der Waals surface area (Å²) < 4.78 is 0. The van der Waals surface area contributed by atoms with Gasteiger partial charge in [0.2, 0.25) is 0 Å². The van der Waals surface area contributed by atoms with Crippen molar-refractivity contribution in [1.82, 2.24) is 0 Å². The van der Waals surface area contributed by atoms with Gasteiger partial charge in [-0.1, -0.05) is 26.1 Å². The Kier molecular flexibility index (Phi) is 3.13. The Morgan fingerprint density at radius 3 is 2.14 bits per heavy atom. The molecular weight excluding hydrogens is 106 g/mol. The molecule has 0 atom stereocenters. The number of hydrogen-bond donors (Lipinski definition) is 1. The monoisotopic (exact) mass is 117 g/mol. The first kappa shape index (κ1) is 7.05. The summed E-state index contributed by atoms with van der Waals surface area (Å²) in [5.41, 5.74) is 5.23. The number of rotatable bonds is 2. The average molecular weight is 117 g/mol. The molecule has 0 saturated heterocycles. The van der Waals surface area contributed by atoms with Crippen molar-refractivity contribution >= 4 is 17.1 Å². The zero-order valence-electron chi connectivity index (χ0n) is 4.77. The van der Waals surface area contributed by atoms with Gasteiger partial charge in [0.25, 0.3) is 0 Å². The van der Waals surface area contributed by atoms with Crippen molar-refractivity contribution in [1.29, 1.82) is 0 Å². The molecule has 0 radical (unpaired) electrons. The zero-order chi connectivity index (χ0) is 5.86. The van der Waals surface area contributed by atoms with Crippen LogP contribution in [0.4, 0.5) is 0 Å². The summed E-state index contributed by atoms with van der Waals surface area (Å²) in [6, 6.07) is 0. The van der Waals surface area contributed by atoms with Crippen LogP contribution < -0.4 is 5.73 Å². The Labute approximate surface area is 49.9 Å². The summed E-state index contributed by atoms with van der Waals surface area (Å²) in [5.74, 6) is 0.472. The minimum atomic E-state index is 0.472. The summed E-state index contributed by atoms with van der Waals surface area (Å²) in [6.45, 7) is 4.65. The molecule has 1 nitrogen and oxygen atoms in total. The highest BCUT2D eigenvalue weighted by molar-refractivity contribution is 7.80. The van der Waals surface area contributed by atoms with Gasteiger partial charge in [-0.2, -0.15) is 0 Å². The second-order valence-electron chi connectivity index (χ2n) is 1.83. The molecule has 0 fully saturated rings. The Morgan fingerprint density at radius 1 is 1.71 bits per heavy atom. The molecule has 0 saturated carbocycles. The standard InChI is InChI=1S/C5H11NS/c1-4(2)5(7)3-6/h4H,3,6H2,1-2H3. The fourth-order valence-electron chi connectivity index (χ4n) is 0.236. The van der Waals surface area contributed by atoms with Crippen molar-refractivity contribution in [2.45, 2.75) is 13.8 Å². The Morgan fingerprint density at radius 2 is 2.14 bits per heavy atom. The van der Waals surface area contributed by atoms with Crippen LogP contribution in [0.1, 0.15) is 13.8 Å². The van der Waals surface area contributed by atoms with Crippen molar-refractivity contribution in [3.05, 3.63) is 0 Å². The molecule has 2 N–H and O–H groups in total. The normalized spacial score (nSPS) is 9.71. The molecule has 0 bridgehead atoms. The topological polar surface area (TPSA) is 26.0 Å². The van der Waals surface area contributed by atoms with Crippen molar-refractivity contribution < 1.29 is 0 Å². The summed E-state index contributed by atoms with van der Waals surface area (Å²) in [7, 11) is 0. The maximum atomic E-state index is 5.23. The Bertz CT molecular complexity index is 68.5. The predicted molar refractivity (Wildman–Crippen MR) is 36.5 cm³/mol. The van der Waals surface area contributed by atoms with Crippen molar-refractivity contribution in [3.63, 3.8) is 0 Å². The van der Waals surface area contributed by atoms with E-state index >= 15 is 0 Å². The lowest BCUT2D eigenvalue weighted by Gasteiger charge is -2.00. The molecule has 42 valence electrons. The summed E-state index contributed by atoms with van der Waals surface area (Å²) >= 11 is 4.85. The molecule has 0 rings (SSSR count). The molecule has 0 aliphatic heterocycles. The van der Waals surface area contributed by atoms with E-state index in [1.165, 1.54) is 0 Å². The van der Waals surface area contributed by atoms with Gasteiger partial charge in [0.15, 0.2) is 0 Å². The third kappa shape index (κ3) is 2.71. The molecule has 0 heterocycles. The van der Waals surface area contributed by atoms with E-state index in [0.717, 1.165) is 4.86 Å². The quantitative estimate of drug-likeness (QED) is 0.545. The molecule has 2 heteroatoms. The molecular formula is C5H11NS. The zero-order valence-corrected chi connectivity index (χ0v) is 5.59. The third-order valence-electron chi connectivity index (χ3n) is 0.845. The van der Waals surface area contributed by atoms with Crippen LogP contribution in [0.25, 0.3) is 0 Å². The van der Waals surface area contributed by atoms with Gasteiger partial charge in [0.05, 0.1) is 0 Å². The largest absolute Gasteiger partial charge is 0.326 e. The van der Waals surface area contributed by atoms with Gasteiger partial charge in [-0.3, -0.25) is 0 Å². The van der Waals surface area contributed by atoms with E-state index < -0.39 is 0 Å². The van der Waals surface area contributed by atoms with Crippen LogP contribution in [0.2, 0.25) is 0 Å². The minimum absolute atomic E-state index is 0.472. The van der Waals surface area contributed by atoms with E-state index in [9.17, 15) is 0 Å². The lowest BCUT2D eigenvalue weighted by molar-refractivity contribution is 0.884. The van der Waals surface area contributed by atoms with E-state index in [1.54, 1.807) is 0 Å². The van der Waals surface area contributed by atoms with Gasteiger partial charge in [-0.05, 0) is 5.92 Å². The molecule has 0 aromatic heterocycles. The van der Waals surface area contributed by atoms with Gasteiger partial charge in [0.1, 0.15) is 0 Å². The van der Waals surface area contributed by atoms with E-state index in [1.807, 2.05) is 0 Å². The van der Waals surface area contributed by atoms with Gasteiger partial charge in [0, 0.05) is 11.4 Å². The molecule has 0 spiro atoms. The van der Waals surface area contributed by atoms with Crippen molar-refractivity contribution in [2.75, 3.05) is 6.54 Å². The smallest absolute Gasteiger partial charge is 0.0245 e. The SMILES string of the molecule is CC(C)C(=S)CN. The highest BCUT2D eigenvalue weighted by atomic mass is 32.1. The van der Waals surface area contributed by atoms with E-state index in [2.05, 4.69) is 13.8 Å². The first-order valence-corrected chi connectivity index (χ1v) is 2.82. The summed E-state index contributed by atoms with van der Waals surface area (Å²) in [4.78, 5) is 0.958. The molecule has 0 aliphatic carbocycles. The minimum Gasteiger partial charge on any atom is -0.326 e. The average Bonchev–Trinajstić information content (AvgIpc) is 1.65. The van der Waals surface area contributed by atoms with Gasteiger partial charge in [-0.15, -0.1) is 0 Å². The van der Waals surface area contributed by atoms with Gasteiger partial charge >= 0.3 is 0 Å². The number of thiocarbonyl (C=S) groups is 1. The highest BCUT2D eigenvalue weighted by Gasteiger charge is 1.96. The Balaban J connectivity index is 3.35. The highest BCUT2D eigenvalue weighted by Crippen LogP contribution is 1.93. The van der Waals surface area contributed by atoms with Crippen molar-refractivity contribution in [2.24, 2.45) is 11.7 Å². The van der Waals surface area contributed by atoms with Crippen LogP contribution in [0.5, 0.6) is 0 Å². The molecule has 0 aliphatic rings. The van der Waals surface area contributed by atoms with Crippen LogP contribution in [-0.4, -0.2) is 11.4 Å². The van der Waals surface area contributed by atoms with Gasteiger partial charge in [-0.25, -0.2) is 0 Å². The van der Waals surface area contributed by atoms with Crippen LogP contribution in [-0.2, 0) is 0 Å². The Hall–Kier alpha value is 0.0500. The molecule has 0 aromatic carbocycles. The molecule has 0 unspecified atom stereocenters. The molecule has 0 amide bonds. The van der Waals surface area contributed by atoms with Gasteiger partial charge < -0.3 is 5.73 Å². The van der Waals surface area contributed by atoms with Crippen LogP contribution in [0.15, 0.2) is 0 Å². The molecule has 7 heavy (non-hydrogen) atoms. The predicted octanol–water partition coefficient (Wildman–Crippen LogP) is 0.971. The van der Waals surface area contributed by atoms with E-state index in [0.29, 0.717) is 12.5 Å². The third-order valence-corrected chi connectivity index (χ3v) is 1.48. The first-order valence-electron chi connectivity index (χ1n) is 2.41. The maximum absolute atomic E-state index is 5.23. The maximum Gasteiger partial charge on any atom is 0.0245 e. The van der Waals surface area contributed by atoms with Crippen LogP contribution in [0, 0.1) is 5.92 Å². The van der Waals surface area contributed by atoms with Crippen molar-refractivity contribution in [3.8, 4) is 0 Å². The van der Waals surface area contributed by atoms with Crippen LogP contribution in [0.3, 0.4) is 0 Å². The lowest BCUT2D eigenvalue weighted by Crippen LogP contribution is -2.16. The van der Waals surface area contributed by atoms with Crippen LogP contribution >= 0.6 is 12.2 Å². The second-order valence-corrected chi connectivity index (χ2v) is 2.35. The summed E-state index contributed by atoms with van der Waals surface area (Å²) in [6.07, 6.45) is 0. The van der Waals surface area contributed by atoms with E-state index in [-0.39, 0.29) is 0 Å². The first-order chi connectivity index (χ1) is 3.18. The summed E-state index contributed by atoms with van der Waals surface area (Å²) in [5, 5.41) is 0. The fourth-order valence-corrected chi connectivity index (χ4v) is 0.236. The molecule has 0 aromatic rings.